The molecular formula is C14H17N3O2S2. The summed E-state index contributed by atoms with van der Waals surface area (Å²) < 4.78 is 16.1. The van der Waals surface area contributed by atoms with Crippen LogP contribution in [0.1, 0.15) is 20.4 Å². The van der Waals surface area contributed by atoms with Crippen molar-refractivity contribution in [2.24, 2.45) is 4.36 Å². The first kappa shape index (κ1) is 15.7. The maximum absolute atomic E-state index is 12.2. The van der Waals surface area contributed by atoms with Crippen LogP contribution in [0.25, 0.3) is 0 Å². The number of aryl methyl sites for hydroxylation is 2. The van der Waals surface area contributed by atoms with Crippen molar-refractivity contribution in [3.63, 3.8) is 0 Å². The number of nitrogens with one attached hydrogen (secondary N) is 1. The normalized spacial score (nSPS) is 13.5. The average Bonchev–Trinajstić information content (AvgIpc) is 2.78. The van der Waals surface area contributed by atoms with Gasteiger partial charge in [-0.3, -0.25) is 4.79 Å². The summed E-state index contributed by atoms with van der Waals surface area (Å²) in [7, 11) is -0.892. The number of hydrogen-bond donors (Lipinski definition) is 1. The van der Waals surface area contributed by atoms with Gasteiger partial charge < -0.3 is 5.32 Å². The maximum Gasteiger partial charge on any atom is 0.275 e. The number of carbonyl (C=O) groups is 1. The average molecular weight is 323 g/mol. The van der Waals surface area contributed by atoms with Crippen molar-refractivity contribution in [3.8, 4) is 0 Å². The number of thiazole rings is 1. The minimum atomic E-state index is -2.42. The molecule has 0 unspecified atom stereocenters. The van der Waals surface area contributed by atoms with Gasteiger partial charge in [0.05, 0.1) is 14.7 Å². The van der Waals surface area contributed by atoms with Gasteiger partial charge in [0, 0.05) is 28.8 Å². The molecule has 0 radical (unpaired) electrons. The van der Waals surface area contributed by atoms with Gasteiger partial charge in [0.15, 0.2) is 0 Å². The number of rotatable bonds is 3. The van der Waals surface area contributed by atoms with Crippen molar-refractivity contribution in [1.29, 1.82) is 0 Å². The monoisotopic (exact) mass is 323 g/mol. The first-order valence-electron chi connectivity index (χ1n) is 6.29. The third-order valence-corrected chi connectivity index (χ3v) is 5.71. The Morgan fingerprint density at radius 3 is 2.67 bits per heavy atom. The van der Waals surface area contributed by atoms with Gasteiger partial charge in [0.25, 0.3) is 5.91 Å². The van der Waals surface area contributed by atoms with E-state index >= 15 is 0 Å². The Bertz CT molecular complexity index is 802. The molecule has 7 heteroatoms. The fourth-order valence-corrected chi connectivity index (χ4v) is 3.55. The molecule has 1 amide bonds. The number of hydrogen-bond acceptors (Lipinski definition) is 5. The van der Waals surface area contributed by atoms with Gasteiger partial charge in [-0.1, -0.05) is 6.07 Å². The van der Waals surface area contributed by atoms with Crippen molar-refractivity contribution in [1.82, 2.24) is 4.98 Å². The first-order chi connectivity index (χ1) is 9.83. The molecule has 1 heterocycles. The molecule has 0 aliphatic heterocycles. The van der Waals surface area contributed by atoms with Crippen LogP contribution in [0.2, 0.25) is 0 Å². The molecule has 0 aliphatic carbocycles. The molecule has 2 aromatic rings. The molecule has 1 N–H and O–H groups in total. The molecule has 2 rings (SSSR count). The van der Waals surface area contributed by atoms with E-state index in [0.717, 1.165) is 9.88 Å². The summed E-state index contributed by atoms with van der Waals surface area (Å²) in [5.74, 6) is -0.259. The summed E-state index contributed by atoms with van der Waals surface area (Å²) in [6, 6.07) is 6.92. The summed E-state index contributed by atoms with van der Waals surface area (Å²) >= 11 is 1.49. The largest absolute Gasteiger partial charge is 0.321 e. The van der Waals surface area contributed by atoms with E-state index in [2.05, 4.69) is 14.7 Å². The van der Waals surface area contributed by atoms with E-state index in [4.69, 9.17) is 0 Å². The van der Waals surface area contributed by atoms with E-state index in [9.17, 15) is 9.00 Å². The van der Waals surface area contributed by atoms with Gasteiger partial charge in [-0.2, -0.15) is 0 Å². The summed E-state index contributed by atoms with van der Waals surface area (Å²) in [5, 5.41) is 3.64. The molecule has 0 saturated heterocycles. The van der Waals surface area contributed by atoms with Crippen LogP contribution in [0, 0.1) is 13.8 Å². The highest BCUT2D eigenvalue weighted by Crippen LogP contribution is 2.20. The van der Waals surface area contributed by atoms with Gasteiger partial charge in [-0.15, -0.1) is 11.3 Å². The molecule has 0 fully saturated rings. The molecular weight excluding hydrogens is 306 g/mol. The Balaban J connectivity index is 2.29. The van der Waals surface area contributed by atoms with Crippen LogP contribution in [0.4, 0.5) is 5.69 Å². The smallest absolute Gasteiger partial charge is 0.275 e. The van der Waals surface area contributed by atoms with E-state index in [1.54, 1.807) is 30.5 Å². The summed E-state index contributed by atoms with van der Waals surface area (Å²) in [6.07, 6.45) is 1.57. The highest BCUT2D eigenvalue weighted by molar-refractivity contribution is 7.93. The van der Waals surface area contributed by atoms with Crippen LogP contribution < -0.4 is 5.32 Å². The predicted molar refractivity (Wildman–Crippen MR) is 86.7 cm³/mol. The second-order valence-electron chi connectivity index (χ2n) is 4.60. The van der Waals surface area contributed by atoms with Crippen LogP contribution in [-0.2, 0) is 9.73 Å². The quantitative estimate of drug-likeness (QED) is 0.943. The Morgan fingerprint density at radius 1 is 1.38 bits per heavy atom. The lowest BCUT2D eigenvalue weighted by Crippen LogP contribution is -2.14. The molecule has 0 bridgehead atoms. The van der Waals surface area contributed by atoms with Crippen LogP contribution >= 0.6 is 11.3 Å². The zero-order chi connectivity index (χ0) is 15.6. The Labute approximate surface area is 128 Å². The van der Waals surface area contributed by atoms with Crippen LogP contribution in [-0.4, -0.2) is 28.4 Å². The minimum absolute atomic E-state index is 0.259. The van der Waals surface area contributed by atoms with Crippen molar-refractivity contribution >= 4 is 32.7 Å². The van der Waals surface area contributed by atoms with Gasteiger partial charge in [-0.25, -0.2) is 13.6 Å². The molecule has 0 aliphatic rings. The lowest BCUT2D eigenvalue weighted by atomic mass is 10.3. The third-order valence-electron chi connectivity index (χ3n) is 3.00. The van der Waals surface area contributed by atoms with Crippen molar-refractivity contribution < 1.29 is 9.00 Å². The number of amides is 1. The van der Waals surface area contributed by atoms with E-state index in [0.29, 0.717) is 16.3 Å². The molecule has 1 aromatic carbocycles. The molecule has 1 atom stereocenters. The second kappa shape index (κ2) is 5.95. The number of anilines is 1. The van der Waals surface area contributed by atoms with Gasteiger partial charge in [0.2, 0.25) is 0 Å². The lowest BCUT2D eigenvalue weighted by molar-refractivity contribution is 0.102. The van der Waals surface area contributed by atoms with E-state index in [-0.39, 0.29) is 5.91 Å². The third kappa shape index (κ3) is 3.48. The summed E-state index contributed by atoms with van der Waals surface area (Å²) in [5.41, 5.74) is 1.01. The standard InChI is InChI=1S/C14H17N3O2S2/c1-9-13(16-10(2)20-9)14(18)17-11-6-5-7-12(8-11)21(4,19)15-3/h5-8H,1-4H3,(H,17,18)/t21-/m0/s1. The fraction of sp³-hybridized carbons (Fsp3) is 0.286. The molecule has 21 heavy (non-hydrogen) atoms. The number of aromatic nitrogens is 1. The fourth-order valence-electron chi connectivity index (χ4n) is 1.84. The van der Waals surface area contributed by atoms with Gasteiger partial charge >= 0.3 is 0 Å². The van der Waals surface area contributed by atoms with E-state index < -0.39 is 9.73 Å². The molecule has 0 saturated carbocycles. The van der Waals surface area contributed by atoms with Crippen LogP contribution in [0.3, 0.4) is 0 Å². The minimum Gasteiger partial charge on any atom is -0.321 e. The lowest BCUT2D eigenvalue weighted by Gasteiger charge is -2.07. The number of nitrogens with zero attached hydrogens (tertiary/aromatic N) is 2. The summed E-state index contributed by atoms with van der Waals surface area (Å²) in [4.78, 5) is 17.9. The highest BCUT2D eigenvalue weighted by atomic mass is 32.2. The Morgan fingerprint density at radius 2 is 2.10 bits per heavy atom. The number of benzene rings is 1. The molecule has 5 nitrogen and oxygen atoms in total. The molecule has 112 valence electrons. The molecule has 1 aromatic heterocycles. The Hall–Kier alpha value is -1.73. The highest BCUT2D eigenvalue weighted by Gasteiger charge is 2.14. The Kier molecular flexibility index (Phi) is 4.43. The zero-order valence-corrected chi connectivity index (χ0v) is 14.0. The summed E-state index contributed by atoms with van der Waals surface area (Å²) in [6.45, 7) is 3.73. The zero-order valence-electron chi connectivity index (χ0n) is 12.3. The second-order valence-corrected chi connectivity index (χ2v) is 8.45. The SMILES string of the molecule is CN=[S@@](C)(=O)c1cccc(NC(=O)c2nc(C)sc2C)c1. The maximum atomic E-state index is 12.2. The van der Waals surface area contributed by atoms with Gasteiger partial charge in [0.1, 0.15) is 5.69 Å². The topological polar surface area (TPSA) is 71.4 Å². The van der Waals surface area contributed by atoms with Crippen LogP contribution in [0.5, 0.6) is 0 Å². The predicted octanol–water partition coefficient (Wildman–Crippen LogP) is 3.10. The van der Waals surface area contributed by atoms with Crippen molar-refractivity contribution in [2.45, 2.75) is 18.7 Å². The van der Waals surface area contributed by atoms with E-state index in [1.165, 1.54) is 18.4 Å². The van der Waals surface area contributed by atoms with E-state index in [1.807, 2.05) is 13.8 Å². The van der Waals surface area contributed by atoms with Crippen molar-refractivity contribution in [2.75, 3.05) is 18.6 Å². The molecule has 0 spiro atoms. The first-order valence-corrected chi connectivity index (χ1v) is 9.03. The van der Waals surface area contributed by atoms with Gasteiger partial charge in [-0.05, 0) is 32.0 Å². The van der Waals surface area contributed by atoms with Crippen molar-refractivity contribution in [3.05, 3.63) is 39.8 Å². The van der Waals surface area contributed by atoms with Crippen LogP contribution in [0.15, 0.2) is 33.5 Å². The number of carbonyl (C=O) groups excluding carboxylic acids is 1.